The van der Waals surface area contributed by atoms with E-state index in [2.05, 4.69) is 10.2 Å². The number of halogens is 2. The molecule has 0 saturated heterocycles. The summed E-state index contributed by atoms with van der Waals surface area (Å²) in [5.74, 6) is -0.605. The van der Waals surface area contributed by atoms with Gasteiger partial charge in [-0.05, 0) is 6.07 Å². The molecule has 25 heavy (non-hydrogen) atoms. The van der Waals surface area contributed by atoms with Gasteiger partial charge in [0.2, 0.25) is 0 Å². The van der Waals surface area contributed by atoms with Crippen molar-refractivity contribution in [1.29, 1.82) is 0 Å². The van der Waals surface area contributed by atoms with Gasteiger partial charge < -0.3 is 15.6 Å². The van der Waals surface area contributed by atoms with Crippen molar-refractivity contribution in [2.24, 2.45) is 5.73 Å². The summed E-state index contributed by atoms with van der Waals surface area (Å²) in [4.78, 5) is 0. The molecule has 0 fully saturated rings. The summed E-state index contributed by atoms with van der Waals surface area (Å²) in [7, 11) is 0. The van der Waals surface area contributed by atoms with Crippen LogP contribution in [0.3, 0.4) is 0 Å². The predicted octanol–water partition coefficient (Wildman–Crippen LogP) is 3.36. The second-order valence-electron chi connectivity index (χ2n) is 5.29. The lowest BCUT2D eigenvalue weighted by molar-refractivity contribution is 0.202. The fourth-order valence-electron chi connectivity index (χ4n) is 2.08. The van der Waals surface area contributed by atoms with Crippen LogP contribution in [0.2, 0.25) is 5.02 Å². The third-order valence-corrected chi connectivity index (χ3v) is 4.70. The largest absolute Gasteiger partial charge is 0.489 e. The van der Waals surface area contributed by atoms with Crippen LogP contribution >= 0.6 is 22.9 Å². The van der Waals surface area contributed by atoms with Crippen LogP contribution in [0, 0.1) is 5.82 Å². The summed E-state index contributed by atoms with van der Waals surface area (Å²) < 4.78 is 19.5. The molecule has 5 nitrogen and oxygen atoms in total. The smallest absolute Gasteiger partial charge is 0.165 e. The summed E-state index contributed by atoms with van der Waals surface area (Å²) in [5.41, 5.74) is 6.91. The van der Waals surface area contributed by atoms with Crippen LogP contribution in [0.15, 0.2) is 42.5 Å². The Morgan fingerprint density at radius 1 is 1.20 bits per heavy atom. The average molecular weight is 380 g/mol. The van der Waals surface area contributed by atoms with Crippen molar-refractivity contribution in [3.05, 3.63) is 53.3 Å². The van der Waals surface area contributed by atoms with Crippen molar-refractivity contribution in [1.82, 2.24) is 10.2 Å². The topological polar surface area (TPSA) is 81.3 Å². The molecule has 1 aromatic heterocycles. The number of aliphatic hydroxyl groups excluding tert-OH is 1. The third kappa shape index (κ3) is 4.13. The quantitative estimate of drug-likeness (QED) is 0.686. The van der Waals surface area contributed by atoms with Crippen molar-refractivity contribution in [3.8, 4) is 26.9 Å². The number of rotatable bonds is 6. The van der Waals surface area contributed by atoms with Gasteiger partial charge in [-0.15, -0.1) is 10.2 Å². The van der Waals surface area contributed by atoms with Crippen LogP contribution in [-0.2, 0) is 0 Å². The molecule has 1 heterocycles. The maximum atomic E-state index is 14.3. The van der Waals surface area contributed by atoms with Crippen molar-refractivity contribution >= 4 is 22.9 Å². The highest BCUT2D eigenvalue weighted by atomic mass is 35.5. The highest BCUT2D eigenvalue weighted by Gasteiger charge is 2.16. The number of ether oxygens (including phenoxy) is 1. The average Bonchev–Trinajstić information content (AvgIpc) is 3.12. The van der Waals surface area contributed by atoms with E-state index in [-0.39, 0.29) is 19.0 Å². The number of nitrogens with two attached hydrogens (primary N) is 1. The Balaban J connectivity index is 1.86. The van der Waals surface area contributed by atoms with Gasteiger partial charge in [0.15, 0.2) is 11.6 Å². The van der Waals surface area contributed by atoms with Crippen LogP contribution in [-0.4, -0.2) is 34.6 Å². The van der Waals surface area contributed by atoms with Gasteiger partial charge >= 0.3 is 0 Å². The highest BCUT2D eigenvalue weighted by molar-refractivity contribution is 7.18. The molecule has 1 atom stereocenters. The number of hydrogen-bond donors (Lipinski definition) is 2. The maximum Gasteiger partial charge on any atom is 0.165 e. The van der Waals surface area contributed by atoms with Gasteiger partial charge in [-0.3, -0.25) is 0 Å². The molecule has 0 spiro atoms. The first-order valence-electron chi connectivity index (χ1n) is 7.46. The van der Waals surface area contributed by atoms with Gasteiger partial charge in [-0.1, -0.05) is 53.3 Å². The summed E-state index contributed by atoms with van der Waals surface area (Å²) in [6.45, 7) is -0.263. The van der Waals surface area contributed by atoms with Gasteiger partial charge in [0.05, 0.1) is 17.7 Å². The second kappa shape index (κ2) is 7.88. The Hall–Kier alpha value is -2.06. The van der Waals surface area contributed by atoms with E-state index in [4.69, 9.17) is 27.2 Å². The van der Waals surface area contributed by atoms with Crippen molar-refractivity contribution in [2.45, 2.75) is 6.04 Å². The molecule has 0 bridgehead atoms. The lowest BCUT2D eigenvalue weighted by Gasteiger charge is -2.12. The van der Waals surface area contributed by atoms with E-state index >= 15 is 0 Å². The van der Waals surface area contributed by atoms with Crippen LogP contribution in [0.25, 0.3) is 21.1 Å². The van der Waals surface area contributed by atoms with Crippen LogP contribution in [0.4, 0.5) is 4.39 Å². The van der Waals surface area contributed by atoms with Gasteiger partial charge in [0, 0.05) is 17.2 Å². The van der Waals surface area contributed by atoms with Crippen LogP contribution in [0.1, 0.15) is 0 Å². The molecule has 3 aromatic rings. The normalized spacial score (nSPS) is 12.2. The lowest BCUT2D eigenvalue weighted by atomic mass is 10.2. The van der Waals surface area contributed by atoms with Crippen LogP contribution < -0.4 is 10.5 Å². The van der Waals surface area contributed by atoms with Crippen LogP contribution in [0.5, 0.6) is 5.75 Å². The van der Waals surface area contributed by atoms with Crippen molar-refractivity contribution in [2.75, 3.05) is 13.2 Å². The molecule has 0 aliphatic heterocycles. The summed E-state index contributed by atoms with van der Waals surface area (Å²) in [6.07, 6.45) is 0. The fourth-order valence-corrected chi connectivity index (χ4v) is 3.26. The zero-order valence-corrected chi connectivity index (χ0v) is 14.6. The lowest BCUT2D eigenvalue weighted by Crippen LogP contribution is -2.31. The van der Waals surface area contributed by atoms with Gasteiger partial charge in [-0.25, -0.2) is 4.39 Å². The standard InChI is InChI=1S/C17H15ClFN3O2S/c18-13-7-15(24-9-11(20)8-23)14(19)6-12(13)17-22-21-16(25-17)10-4-2-1-3-5-10/h1-7,11,23H,8-9,20H2. The zero-order chi connectivity index (χ0) is 17.8. The van der Waals surface area contributed by atoms with Crippen molar-refractivity contribution < 1.29 is 14.2 Å². The molecule has 0 amide bonds. The predicted molar refractivity (Wildman–Crippen MR) is 96.3 cm³/mol. The Morgan fingerprint density at radius 3 is 2.64 bits per heavy atom. The molecular weight excluding hydrogens is 365 g/mol. The molecule has 0 saturated carbocycles. The van der Waals surface area contributed by atoms with Gasteiger partial charge in [0.1, 0.15) is 16.6 Å². The maximum absolute atomic E-state index is 14.3. The zero-order valence-electron chi connectivity index (χ0n) is 13.0. The minimum Gasteiger partial charge on any atom is -0.489 e. The number of aliphatic hydroxyl groups is 1. The first-order chi connectivity index (χ1) is 12.1. The van der Waals surface area contributed by atoms with E-state index in [9.17, 15) is 4.39 Å². The molecule has 2 aromatic carbocycles. The highest BCUT2D eigenvalue weighted by Crippen LogP contribution is 2.37. The van der Waals surface area contributed by atoms with Gasteiger partial charge in [0.25, 0.3) is 0 Å². The van der Waals surface area contributed by atoms with E-state index < -0.39 is 11.9 Å². The van der Waals surface area contributed by atoms with Gasteiger partial charge in [-0.2, -0.15) is 0 Å². The van der Waals surface area contributed by atoms with E-state index in [0.29, 0.717) is 15.6 Å². The summed E-state index contributed by atoms with van der Waals surface area (Å²) in [6, 6.07) is 11.6. The third-order valence-electron chi connectivity index (χ3n) is 3.39. The molecule has 0 aliphatic carbocycles. The van der Waals surface area contributed by atoms with E-state index in [1.807, 2.05) is 30.3 Å². The Kier molecular flexibility index (Phi) is 5.60. The molecule has 3 rings (SSSR count). The van der Waals surface area contributed by atoms with E-state index in [1.54, 1.807) is 0 Å². The molecule has 8 heteroatoms. The number of benzene rings is 2. The Labute approximate surface area is 152 Å². The first-order valence-corrected chi connectivity index (χ1v) is 8.65. The molecule has 3 N–H and O–H groups in total. The van der Waals surface area contributed by atoms with E-state index in [0.717, 1.165) is 10.6 Å². The fraction of sp³-hybridized carbons (Fsp3) is 0.176. The molecule has 1 unspecified atom stereocenters. The summed E-state index contributed by atoms with van der Waals surface area (Å²) >= 11 is 7.57. The molecule has 0 radical (unpaired) electrons. The second-order valence-corrected chi connectivity index (χ2v) is 6.68. The number of aromatic nitrogens is 2. The van der Waals surface area contributed by atoms with Crippen molar-refractivity contribution in [3.63, 3.8) is 0 Å². The molecular formula is C17H15ClFN3O2S. The first kappa shape index (κ1) is 17.8. The number of hydrogen-bond acceptors (Lipinski definition) is 6. The summed E-state index contributed by atoms with van der Waals surface area (Å²) in [5, 5.41) is 18.7. The Bertz CT molecular complexity index is 860. The SMILES string of the molecule is NC(CO)COc1cc(Cl)c(-c2nnc(-c3ccccc3)s2)cc1F. The minimum absolute atomic E-state index is 0.0138. The Morgan fingerprint density at radius 2 is 1.92 bits per heavy atom. The number of nitrogens with zero attached hydrogens (tertiary/aromatic N) is 2. The minimum atomic E-state index is -0.588. The molecule has 0 aliphatic rings. The monoisotopic (exact) mass is 379 g/mol. The molecule has 130 valence electrons. The van der Waals surface area contributed by atoms with E-state index in [1.165, 1.54) is 23.5 Å².